The molecule has 1 heterocycles. The Balaban J connectivity index is 0.000000810. The van der Waals surface area contributed by atoms with Crippen molar-refractivity contribution in [2.45, 2.75) is 32.4 Å². The molecule has 1 fully saturated rings. The van der Waals surface area contributed by atoms with E-state index in [-0.39, 0.29) is 19.0 Å². The molecule has 2 N–H and O–H groups in total. The summed E-state index contributed by atoms with van der Waals surface area (Å²) in [5.74, 6) is 0.644. The molecule has 0 aliphatic carbocycles. The first-order valence-electron chi connectivity index (χ1n) is 3.61. The van der Waals surface area contributed by atoms with E-state index in [0.29, 0.717) is 18.0 Å². The van der Waals surface area contributed by atoms with Gasteiger partial charge in [0.2, 0.25) is 0 Å². The van der Waals surface area contributed by atoms with Crippen LogP contribution in [0.25, 0.3) is 0 Å². The van der Waals surface area contributed by atoms with E-state index in [0.717, 1.165) is 0 Å². The highest BCUT2D eigenvalue weighted by Gasteiger charge is 2.26. The molecule has 0 aromatic carbocycles. The van der Waals surface area contributed by atoms with Gasteiger partial charge in [0.05, 0.1) is 6.61 Å². The lowest BCUT2D eigenvalue weighted by Gasteiger charge is -2.10. The van der Waals surface area contributed by atoms with Gasteiger partial charge in [-0.3, -0.25) is 0 Å². The summed E-state index contributed by atoms with van der Waals surface area (Å²) in [5, 5.41) is 12.1. The zero-order valence-corrected chi connectivity index (χ0v) is 7.32. The van der Waals surface area contributed by atoms with Gasteiger partial charge in [-0.15, -0.1) is 12.4 Å². The van der Waals surface area contributed by atoms with Gasteiger partial charge in [0, 0.05) is 12.1 Å². The fraction of sp³-hybridized carbons (Fsp3) is 1.00. The van der Waals surface area contributed by atoms with E-state index < -0.39 is 0 Å². The Kier molecular flexibility index (Phi) is 4.25. The lowest BCUT2D eigenvalue weighted by atomic mass is 10.0. The third-order valence-electron chi connectivity index (χ3n) is 2.11. The van der Waals surface area contributed by atoms with Crippen molar-refractivity contribution in [1.29, 1.82) is 0 Å². The van der Waals surface area contributed by atoms with Gasteiger partial charge in [0.1, 0.15) is 0 Å². The molecular formula is C7H16ClNO. The summed E-state index contributed by atoms with van der Waals surface area (Å²) >= 11 is 0. The third-order valence-corrected chi connectivity index (χ3v) is 2.11. The van der Waals surface area contributed by atoms with E-state index in [2.05, 4.69) is 19.2 Å². The van der Waals surface area contributed by atoms with E-state index in [4.69, 9.17) is 5.11 Å². The monoisotopic (exact) mass is 165 g/mol. The minimum Gasteiger partial charge on any atom is -0.395 e. The summed E-state index contributed by atoms with van der Waals surface area (Å²) in [7, 11) is 0. The van der Waals surface area contributed by atoms with E-state index in [1.807, 2.05) is 0 Å². The summed E-state index contributed by atoms with van der Waals surface area (Å²) in [5.41, 5.74) is 0. The highest BCUT2D eigenvalue weighted by Crippen LogP contribution is 2.18. The van der Waals surface area contributed by atoms with E-state index in [1.165, 1.54) is 6.42 Å². The van der Waals surface area contributed by atoms with Crippen LogP contribution in [0.15, 0.2) is 0 Å². The average Bonchev–Trinajstić information content (AvgIpc) is 2.10. The molecule has 62 valence electrons. The molecule has 0 amide bonds. The zero-order chi connectivity index (χ0) is 6.85. The van der Waals surface area contributed by atoms with Crippen LogP contribution in [0.3, 0.4) is 0 Å². The molecule has 0 aromatic heterocycles. The number of aliphatic hydroxyl groups excluding tert-OH is 1. The van der Waals surface area contributed by atoms with Gasteiger partial charge in [0.15, 0.2) is 0 Å². The Labute approximate surface area is 68.4 Å². The summed E-state index contributed by atoms with van der Waals surface area (Å²) < 4.78 is 0. The minimum atomic E-state index is 0. The van der Waals surface area contributed by atoms with Gasteiger partial charge in [-0.05, 0) is 19.3 Å². The maximum atomic E-state index is 8.79. The number of hydrogen-bond acceptors (Lipinski definition) is 2. The number of rotatable bonds is 1. The zero-order valence-electron chi connectivity index (χ0n) is 6.50. The molecule has 3 atom stereocenters. The first kappa shape index (κ1) is 10.2. The van der Waals surface area contributed by atoms with E-state index >= 15 is 0 Å². The molecular weight excluding hydrogens is 150 g/mol. The van der Waals surface area contributed by atoms with E-state index in [1.54, 1.807) is 0 Å². The van der Waals surface area contributed by atoms with Gasteiger partial charge in [0.25, 0.3) is 0 Å². The third kappa shape index (κ3) is 2.11. The van der Waals surface area contributed by atoms with Crippen LogP contribution >= 0.6 is 12.4 Å². The molecule has 10 heavy (non-hydrogen) atoms. The van der Waals surface area contributed by atoms with Crippen molar-refractivity contribution in [3.8, 4) is 0 Å². The molecule has 0 saturated carbocycles. The molecule has 2 nitrogen and oxygen atoms in total. The van der Waals surface area contributed by atoms with Crippen LogP contribution in [0.5, 0.6) is 0 Å². The van der Waals surface area contributed by atoms with Crippen molar-refractivity contribution in [3.63, 3.8) is 0 Å². The number of nitrogens with one attached hydrogen (secondary N) is 1. The molecule has 1 saturated heterocycles. The predicted octanol–water partition coefficient (Wildman–Crippen LogP) is 0.787. The summed E-state index contributed by atoms with van der Waals surface area (Å²) in [4.78, 5) is 0. The predicted molar refractivity (Wildman–Crippen MR) is 44.5 cm³/mol. The molecule has 1 rings (SSSR count). The van der Waals surface area contributed by atoms with Crippen molar-refractivity contribution in [3.05, 3.63) is 0 Å². The molecule has 0 radical (unpaired) electrons. The second-order valence-electron chi connectivity index (χ2n) is 3.07. The van der Waals surface area contributed by atoms with Crippen LogP contribution in [0.2, 0.25) is 0 Å². The maximum absolute atomic E-state index is 8.79. The fourth-order valence-electron chi connectivity index (χ4n) is 1.55. The molecule has 3 heteroatoms. The largest absolute Gasteiger partial charge is 0.395 e. The highest BCUT2D eigenvalue weighted by atomic mass is 35.5. The first-order valence-corrected chi connectivity index (χ1v) is 3.61. The van der Waals surface area contributed by atoms with Crippen LogP contribution in [-0.4, -0.2) is 23.8 Å². The van der Waals surface area contributed by atoms with Crippen molar-refractivity contribution in [1.82, 2.24) is 5.32 Å². The van der Waals surface area contributed by atoms with Crippen molar-refractivity contribution < 1.29 is 5.11 Å². The smallest absolute Gasteiger partial charge is 0.0587 e. The average molecular weight is 166 g/mol. The Hall–Kier alpha value is 0.210. The SMILES string of the molecule is CC1CC(C)C(CO)N1.Cl. The van der Waals surface area contributed by atoms with E-state index in [9.17, 15) is 0 Å². The molecule has 3 unspecified atom stereocenters. The normalized spacial score (nSPS) is 39.3. The van der Waals surface area contributed by atoms with Crippen LogP contribution in [-0.2, 0) is 0 Å². The second-order valence-corrected chi connectivity index (χ2v) is 3.07. The Bertz CT molecular complexity index is 99.6. The van der Waals surface area contributed by atoms with Gasteiger partial charge in [-0.1, -0.05) is 6.92 Å². The fourth-order valence-corrected chi connectivity index (χ4v) is 1.55. The number of aliphatic hydroxyl groups is 1. The highest BCUT2D eigenvalue weighted by molar-refractivity contribution is 5.85. The summed E-state index contributed by atoms with van der Waals surface area (Å²) in [6, 6.07) is 0.942. The Morgan fingerprint density at radius 3 is 2.30 bits per heavy atom. The summed E-state index contributed by atoms with van der Waals surface area (Å²) in [6.45, 7) is 4.62. The Morgan fingerprint density at radius 1 is 1.50 bits per heavy atom. The van der Waals surface area contributed by atoms with Gasteiger partial charge >= 0.3 is 0 Å². The lowest BCUT2D eigenvalue weighted by Crippen LogP contribution is -2.32. The minimum absolute atomic E-state index is 0. The van der Waals surface area contributed by atoms with Crippen molar-refractivity contribution in [2.24, 2.45) is 5.92 Å². The van der Waals surface area contributed by atoms with Gasteiger partial charge < -0.3 is 10.4 Å². The van der Waals surface area contributed by atoms with Crippen LogP contribution in [0.4, 0.5) is 0 Å². The molecule has 0 bridgehead atoms. The standard InChI is InChI=1S/C7H15NO.ClH/c1-5-3-6(2)8-7(5)4-9;/h5-9H,3-4H2,1-2H3;1H. The Morgan fingerprint density at radius 2 is 2.10 bits per heavy atom. The van der Waals surface area contributed by atoms with Crippen molar-refractivity contribution in [2.75, 3.05) is 6.61 Å². The molecule has 0 aromatic rings. The quantitative estimate of drug-likeness (QED) is 0.602. The molecule has 1 aliphatic rings. The van der Waals surface area contributed by atoms with Gasteiger partial charge in [-0.25, -0.2) is 0 Å². The molecule has 0 spiro atoms. The lowest BCUT2D eigenvalue weighted by molar-refractivity contribution is 0.231. The van der Waals surface area contributed by atoms with Crippen LogP contribution in [0, 0.1) is 5.92 Å². The van der Waals surface area contributed by atoms with Gasteiger partial charge in [-0.2, -0.15) is 0 Å². The van der Waals surface area contributed by atoms with Crippen LogP contribution in [0.1, 0.15) is 20.3 Å². The van der Waals surface area contributed by atoms with Crippen molar-refractivity contribution >= 4 is 12.4 Å². The first-order chi connectivity index (χ1) is 4.24. The summed E-state index contributed by atoms with van der Waals surface area (Å²) in [6.07, 6.45) is 1.20. The topological polar surface area (TPSA) is 32.3 Å². The second kappa shape index (κ2) is 4.16. The molecule has 1 aliphatic heterocycles. The maximum Gasteiger partial charge on any atom is 0.0587 e. The van der Waals surface area contributed by atoms with Crippen LogP contribution < -0.4 is 5.32 Å². The number of hydrogen-bond donors (Lipinski definition) is 2. The number of halogens is 1.